The number of halogens is 2. The highest BCUT2D eigenvalue weighted by atomic mass is 79.9. The Balaban J connectivity index is 2.26. The summed E-state index contributed by atoms with van der Waals surface area (Å²) in [6, 6.07) is 4.86. The molecule has 1 N–H and O–H groups in total. The van der Waals surface area contributed by atoms with Crippen molar-refractivity contribution in [3.05, 3.63) is 50.1 Å². The molecule has 5 heteroatoms. The largest absolute Gasteiger partial charge is 0.310 e. The summed E-state index contributed by atoms with van der Waals surface area (Å²) in [7, 11) is 0. The summed E-state index contributed by atoms with van der Waals surface area (Å²) in [5.74, 6) is -0.212. The lowest BCUT2D eigenvalue weighted by atomic mass is 10.0. The van der Waals surface area contributed by atoms with E-state index in [1.165, 1.54) is 6.07 Å². The number of thiazole rings is 1. The molecule has 0 spiro atoms. The Morgan fingerprint density at radius 3 is 2.89 bits per heavy atom. The lowest BCUT2D eigenvalue weighted by molar-refractivity contribution is 0.536. The van der Waals surface area contributed by atoms with E-state index in [-0.39, 0.29) is 11.9 Å². The second kappa shape index (κ2) is 6.59. The van der Waals surface area contributed by atoms with Gasteiger partial charge in [-0.2, -0.15) is 0 Å². The van der Waals surface area contributed by atoms with Gasteiger partial charge in [0.1, 0.15) is 5.82 Å². The van der Waals surface area contributed by atoms with Gasteiger partial charge >= 0.3 is 0 Å². The van der Waals surface area contributed by atoms with Crippen LogP contribution in [0.25, 0.3) is 0 Å². The number of hydrogen-bond acceptors (Lipinski definition) is 3. The number of benzene rings is 1. The molecule has 0 bridgehead atoms. The SMILES string of the molecule is CCNC(Cc1csc(C)n1)c1cc(F)ccc1Br. The molecule has 2 nitrogen and oxygen atoms in total. The lowest BCUT2D eigenvalue weighted by Gasteiger charge is -2.19. The average molecular weight is 343 g/mol. The number of aryl methyl sites for hydroxylation is 1. The number of nitrogens with one attached hydrogen (secondary N) is 1. The summed E-state index contributed by atoms with van der Waals surface area (Å²) >= 11 is 5.14. The second-order valence-corrected chi connectivity index (χ2v) is 6.25. The first-order valence-corrected chi connectivity index (χ1v) is 7.86. The summed E-state index contributed by atoms with van der Waals surface area (Å²) in [6.45, 7) is 4.87. The molecule has 19 heavy (non-hydrogen) atoms. The van der Waals surface area contributed by atoms with Gasteiger partial charge in [-0.25, -0.2) is 9.37 Å². The van der Waals surface area contributed by atoms with E-state index in [0.29, 0.717) is 0 Å². The van der Waals surface area contributed by atoms with Crippen LogP contribution in [0.1, 0.15) is 29.2 Å². The molecule has 0 saturated carbocycles. The Kier molecular flexibility index (Phi) is 5.07. The van der Waals surface area contributed by atoms with Crippen molar-refractivity contribution in [2.24, 2.45) is 0 Å². The van der Waals surface area contributed by atoms with E-state index in [0.717, 1.165) is 33.7 Å². The normalized spacial score (nSPS) is 12.6. The smallest absolute Gasteiger partial charge is 0.123 e. The number of likely N-dealkylation sites (N-methyl/N-ethyl adjacent to an activating group) is 1. The van der Waals surface area contributed by atoms with E-state index in [2.05, 4.69) is 31.6 Å². The maximum absolute atomic E-state index is 13.4. The molecule has 2 rings (SSSR count). The van der Waals surface area contributed by atoms with Crippen molar-refractivity contribution >= 4 is 27.3 Å². The fourth-order valence-corrected chi connectivity index (χ4v) is 3.18. The Bertz CT molecular complexity index is 556. The molecule has 0 aliphatic rings. The highest BCUT2D eigenvalue weighted by Gasteiger charge is 2.16. The average Bonchev–Trinajstić information content (AvgIpc) is 2.77. The molecule has 1 aromatic carbocycles. The predicted molar refractivity (Wildman–Crippen MR) is 81.1 cm³/mol. The van der Waals surface area contributed by atoms with E-state index in [9.17, 15) is 4.39 Å². The molecule has 0 aliphatic heterocycles. The first-order valence-electron chi connectivity index (χ1n) is 6.19. The Labute approximate surface area is 125 Å². The van der Waals surface area contributed by atoms with Gasteiger partial charge in [-0.15, -0.1) is 11.3 Å². The van der Waals surface area contributed by atoms with Gasteiger partial charge in [0.05, 0.1) is 10.7 Å². The van der Waals surface area contributed by atoms with Crippen LogP contribution in [0.4, 0.5) is 4.39 Å². The van der Waals surface area contributed by atoms with E-state index in [1.54, 1.807) is 23.5 Å². The molecule has 1 aromatic heterocycles. The van der Waals surface area contributed by atoms with Crippen molar-refractivity contribution in [2.75, 3.05) is 6.54 Å². The fourth-order valence-electron chi connectivity index (χ4n) is 2.03. The Hall–Kier alpha value is -0.780. The Morgan fingerprint density at radius 2 is 2.26 bits per heavy atom. The summed E-state index contributed by atoms with van der Waals surface area (Å²) < 4.78 is 14.4. The van der Waals surface area contributed by atoms with Crippen LogP contribution in [0.3, 0.4) is 0 Å². The lowest BCUT2D eigenvalue weighted by Crippen LogP contribution is -2.23. The standard InChI is InChI=1S/C14H16BrFN2S/c1-3-17-14(7-11-8-19-9(2)18-11)12-6-10(16)4-5-13(12)15/h4-6,8,14,17H,3,7H2,1-2H3. The zero-order valence-corrected chi connectivity index (χ0v) is 13.3. The zero-order valence-electron chi connectivity index (χ0n) is 10.9. The summed E-state index contributed by atoms with van der Waals surface area (Å²) in [4.78, 5) is 4.48. The second-order valence-electron chi connectivity index (χ2n) is 4.34. The van der Waals surface area contributed by atoms with Crippen LogP contribution in [0.15, 0.2) is 28.1 Å². The first kappa shape index (κ1) is 14.6. The molecule has 0 amide bonds. The minimum absolute atomic E-state index is 0.0663. The quantitative estimate of drug-likeness (QED) is 0.878. The van der Waals surface area contributed by atoms with Gasteiger partial charge in [0, 0.05) is 22.3 Å². The molecule has 2 aromatic rings. The number of nitrogens with zero attached hydrogens (tertiary/aromatic N) is 1. The first-order chi connectivity index (χ1) is 9.10. The molecule has 0 fully saturated rings. The summed E-state index contributed by atoms with van der Waals surface area (Å²) in [5, 5.41) is 6.51. The van der Waals surface area contributed by atoms with Gasteiger partial charge in [-0.3, -0.25) is 0 Å². The maximum atomic E-state index is 13.4. The van der Waals surface area contributed by atoms with Gasteiger partial charge in [0.2, 0.25) is 0 Å². The minimum Gasteiger partial charge on any atom is -0.310 e. The van der Waals surface area contributed by atoms with Crippen LogP contribution < -0.4 is 5.32 Å². The fraction of sp³-hybridized carbons (Fsp3) is 0.357. The Morgan fingerprint density at radius 1 is 1.47 bits per heavy atom. The molecule has 1 heterocycles. The maximum Gasteiger partial charge on any atom is 0.123 e. The molecule has 102 valence electrons. The van der Waals surface area contributed by atoms with Crippen molar-refractivity contribution in [3.8, 4) is 0 Å². The van der Waals surface area contributed by atoms with Crippen molar-refractivity contribution in [3.63, 3.8) is 0 Å². The molecule has 0 radical (unpaired) electrons. The zero-order chi connectivity index (χ0) is 13.8. The van der Waals surface area contributed by atoms with Gasteiger partial charge in [-0.1, -0.05) is 22.9 Å². The van der Waals surface area contributed by atoms with Crippen LogP contribution in [-0.4, -0.2) is 11.5 Å². The third-order valence-corrected chi connectivity index (χ3v) is 4.41. The van der Waals surface area contributed by atoms with E-state index >= 15 is 0 Å². The van der Waals surface area contributed by atoms with E-state index in [4.69, 9.17) is 0 Å². The summed E-state index contributed by atoms with van der Waals surface area (Å²) in [5.41, 5.74) is 1.98. The van der Waals surface area contributed by atoms with Crippen molar-refractivity contribution in [2.45, 2.75) is 26.3 Å². The predicted octanol–water partition coefficient (Wildman–Crippen LogP) is 4.25. The van der Waals surface area contributed by atoms with Gasteiger partial charge < -0.3 is 5.32 Å². The third kappa shape index (κ3) is 3.84. The van der Waals surface area contributed by atoms with Crippen LogP contribution in [0.5, 0.6) is 0 Å². The van der Waals surface area contributed by atoms with Gasteiger partial charge in [0.15, 0.2) is 0 Å². The van der Waals surface area contributed by atoms with E-state index in [1.807, 2.05) is 13.8 Å². The highest BCUT2D eigenvalue weighted by molar-refractivity contribution is 9.10. The highest BCUT2D eigenvalue weighted by Crippen LogP contribution is 2.27. The van der Waals surface area contributed by atoms with Crippen LogP contribution in [0, 0.1) is 12.7 Å². The monoisotopic (exact) mass is 342 g/mol. The van der Waals surface area contributed by atoms with Crippen molar-refractivity contribution in [1.82, 2.24) is 10.3 Å². The van der Waals surface area contributed by atoms with E-state index < -0.39 is 0 Å². The molecule has 0 aliphatic carbocycles. The van der Waals surface area contributed by atoms with Crippen molar-refractivity contribution in [1.29, 1.82) is 0 Å². The minimum atomic E-state index is -0.212. The number of aromatic nitrogens is 1. The molecular formula is C14H16BrFN2S. The molecule has 1 atom stereocenters. The summed E-state index contributed by atoms with van der Waals surface area (Å²) in [6.07, 6.45) is 0.764. The molecule has 0 saturated heterocycles. The topological polar surface area (TPSA) is 24.9 Å². The van der Waals surface area contributed by atoms with Crippen LogP contribution in [-0.2, 0) is 6.42 Å². The van der Waals surface area contributed by atoms with Gasteiger partial charge in [-0.05, 0) is 37.2 Å². The van der Waals surface area contributed by atoms with Gasteiger partial charge in [0.25, 0.3) is 0 Å². The number of hydrogen-bond donors (Lipinski definition) is 1. The van der Waals surface area contributed by atoms with Crippen LogP contribution in [0.2, 0.25) is 0 Å². The van der Waals surface area contributed by atoms with Crippen molar-refractivity contribution < 1.29 is 4.39 Å². The molecule has 1 unspecified atom stereocenters. The molecular weight excluding hydrogens is 327 g/mol. The van der Waals surface area contributed by atoms with Crippen LogP contribution >= 0.6 is 27.3 Å². The number of rotatable bonds is 5. The third-order valence-electron chi connectivity index (χ3n) is 2.86.